The van der Waals surface area contributed by atoms with Crippen molar-refractivity contribution in [3.63, 3.8) is 0 Å². The predicted molar refractivity (Wildman–Crippen MR) is 89.0 cm³/mol. The van der Waals surface area contributed by atoms with Crippen LogP contribution >= 0.6 is 0 Å². The molecule has 0 aliphatic carbocycles. The summed E-state index contributed by atoms with van der Waals surface area (Å²) in [7, 11) is 0. The van der Waals surface area contributed by atoms with Crippen LogP contribution in [-0.4, -0.2) is 16.1 Å². The van der Waals surface area contributed by atoms with E-state index < -0.39 is 0 Å². The summed E-state index contributed by atoms with van der Waals surface area (Å²) < 4.78 is 2.12. The normalized spacial score (nSPS) is 11.8. The van der Waals surface area contributed by atoms with Crippen LogP contribution in [0.1, 0.15) is 20.8 Å². The fourth-order valence-electron chi connectivity index (χ4n) is 2.26. The third-order valence-electron chi connectivity index (χ3n) is 3.37. The number of nitrogens with zero attached hydrogens (tertiary/aromatic N) is 2. The third-order valence-corrected chi connectivity index (χ3v) is 3.37. The molecule has 0 aliphatic rings. The summed E-state index contributed by atoms with van der Waals surface area (Å²) in [5, 5.41) is 4.57. The highest BCUT2D eigenvalue weighted by Gasteiger charge is 2.11. The van der Waals surface area contributed by atoms with E-state index in [1.807, 2.05) is 24.3 Å². The maximum Gasteiger partial charge on any atom is 0.146 e. The van der Waals surface area contributed by atoms with Gasteiger partial charge in [-0.05, 0) is 35.7 Å². The predicted octanol–water partition coefficient (Wildman–Crippen LogP) is 4.48. The standard InChI is InChI=1S/C18H21N3/c1-18(2,3)13-19-16-10-9-14-11-12-21(17(14)20-16)15-7-5-4-6-8-15/h4-12H,13H2,1-3H3,(H,19,20). The number of benzene rings is 1. The van der Waals surface area contributed by atoms with Crippen LogP contribution in [-0.2, 0) is 0 Å². The van der Waals surface area contributed by atoms with Crippen molar-refractivity contribution in [3.05, 3.63) is 54.7 Å². The van der Waals surface area contributed by atoms with Gasteiger partial charge < -0.3 is 9.88 Å². The third kappa shape index (κ3) is 3.07. The molecule has 0 bridgehead atoms. The summed E-state index contributed by atoms with van der Waals surface area (Å²) in [6.07, 6.45) is 2.07. The van der Waals surface area contributed by atoms with Crippen LogP contribution in [0.3, 0.4) is 0 Å². The lowest BCUT2D eigenvalue weighted by Gasteiger charge is -2.19. The van der Waals surface area contributed by atoms with E-state index >= 15 is 0 Å². The highest BCUT2D eigenvalue weighted by molar-refractivity contribution is 5.79. The molecule has 2 heterocycles. The Balaban J connectivity index is 1.97. The molecular formula is C18H21N3. The van der Waals surface area contributed by atoms with Gasteiger partial charge in [0.1, 0.15) is 11.5 Å². The van der Waals surface area contributed by atoms with Crippen molar-refractivity contribution < 1.29 is 0 Å². The lowest BCUT2D eigenvalue weighted by molar-refractivity contribution is 0.442. The molecular weight excluding hydrogens is 258 g/mol. The van der Waals surface area contributed by atoms with E-state index in [1.165, 1.54) is 0 Å². The molecule has 0 spiro atoms. The molecule has 3 rings (SSSR count). The Hall–Kier alpha value is -2.29. The van der Waals surface area contributed by atoms with Crippen molar-refractivity contribution >= 4 is 16.9 Å². The molecule has 3 aromatic rings. The first kappa shape index (κ1) is 13.7. The number of aromatic nitrogens is 2. The Kier molecular flexibility index (Phi) is 3.42. The lowest BCUT2D eigenvalue weighted by Crippen LogP contribution is -2.19. The second-order valence-electron chi connectivity index (χ2n) is 6.54. The molecule has 0 saturated heterocycles. The van der Waals surface area contributed by atoms with Gasteiger partial charge in [-0.1, -0.05) is 39.0 Å². The molecule has 0 aliphatic heterocycles. The minimum absolute atomic E-state index is 0.234. The largest absolute Gasteiger partial charge is 0.369 e. The van der Waals surface area contributed by atoms with Crippen LogP contribution in [0.4, 0.5) is 5.82 Å². The molecule has 3 nitrogen and oxygen atoms in total. The summed E-state index contributed by atoms with van der Waals surface area (Å²) in [6.45, 7) is 7.54. The molecule has 0 amide bonds. The summed E-state index contributed by atoms with van der Waals surface area (Å²) in [4.78, 5) is 4.77. The van der Waals surface area contributed by atoms with Crippen molar-refractivity contribution in [2.24, 2.45) is 5.41 Å². The van der Waals surface area contributed by atoms with Crippen molar-refractivity contribution in [2.75, 3.05) is 11.9 Å². The van der Waals surface area contributed by atoms with Crippen LogP contribution < -0.4 is 5.32 Å². The highest BCUT2D eigenvalue weighted by Crippen LogP contribution is 2.21. The molecule has 2 aromatic heterocycles. The van der Waals surface area contributed by atoms with Gasteiger partial charge in [0.05, 0.1) is 0 Å². The van der Waals surface area contributed by atoms with E-state index in [0.717, 1.165) is 29.1 Å². The van der Waals surface area contributed by atoms with Gasteiger partial charge in [0.2, 0.25) is 0 Å². The zero-order valence-electron chi connectivity index (χ0n) is 12.8. The fraction of sp³-hybridized carbons (Fsp3) is 0.278. The van der Waals surface area contributed by atoms with Gasteiger partial charge in [-0.15, -0.1) is 0 Å². The van der Waals surface area contributed by atoms with Crippen LogP contribution in [0.2, 0.25) is 0 Å². The summed E-state index contributed by atoms with van der Waals surface area (Å²) in [6, 6.07) is 16.6. The highest BCUT2D eigenvalue weighted by atomic mass is 15.1. The molecule has 0 radical (unpaired) electrons. The Morgan fingerprint density at radius 1 is 1.00 bits per heavy atom. The Morgan fingerprint density at radius 3 is 2.48 bits per heavy atom. The van der Waals surface area contributed by atoms with Gasteiger partial charge in [-0.25, -0.2) is 4.98 Å². The molecule has 108 valence electrons. The zero-order chi connectivity index (χ0) is 14.9. The summed E-state index contributed by atoms with van der Waals surface area (Å²) in [5.74, 6) is 0.924. The molecule has 0 unspecified atom stereocenters. The Labute approximate surface area is 125 Å². The summed E-state index contributed by atoms with van der Waals surface area (Å²) >= 11 is 0. The molecule has 1 N–H and O–H groups in total. The van der Waals surface area contributed by atoms with Crippen molar-refractivity contribution in [2.45, 2.75) is 20.8 Å². The molecule has 0 fully saturated rings. The van der Waals surface area contributed by atoms with Gasteiger partial charge in [-0.3, -0.25) is 0 Å². The van der Waals surface area contributed by atoms with Gasteiger partial charge >= 0.3 is 0 Å². The quantitative estimate of drug-likeness (QED) is 0.766. The first-order valence-corrected chi connectivity index (χ1v) is 7.30. The average Bonchev–Trinajstić information content (AvgIpc) is 2.88. The second-order valence-corrected chi connectivity index (χ2v) is 6.54. The smallest absolute Gasteiger partial charge is 0.146 e. The van der Waals surface area contributed by atoms with Crippen LogP contribution in [0.15, 0.2) is 54.7 Å². The number of fused-ring (bicyclic) bond motifs is 1. The average molecular weight is 279 g/mol. The maximum atomic E-state index is 4.77. The van der Waals surface area contributed by atoms with Gasteiger partial charge in [-0.2, -0.15) is 0 Å². The van der Waals surface area contributed by atoms with Crippen molar-refractivity contribution in [1.82, 2.24) is 9.55 Å². The van der Waals surface area contributed by atoms with E-state index in [2.05, 4.69) is 61.1 Å². The molecule has 0 saturated carbocycles. The SMILES string of the molecule is CC(C)(C)CNc1ccc2ccn(-c3ccccc3)c2n1. The molecule has 0 atom stereocenters. The zero-order valence-corrected chi connectivity index (χ0v) is 12.8. The number of pyridine rings is 1. The Bertz CT molecular complexity index is 736. The fourth-order valence-corrected chi connectivity index (χ4v) is 2.26. The first-order valence-electron chi connectivity index (χ1n) is 7.30. The second kappa shape index (κ2) is 5.24. The maximum absolute atomic E-state index is 4.77. The van der Waals surface area contributed by atoms with Gasteiger partial charge in [0.15, 0.2) is 0 Å². The van der Waals surface area contributed by atoms with E-state index in [9.17, 15) is 0 Å². The number of anilines is 1. The molecule has 21 heavy (non-hydrogen) atoms. The number of rotatable bonds is 3. The van der Waals surface area contributed by atoms with Gasteiger partial charge in [0.25, 0.3) is 0 Å². The van der Waals surface area contributed by atoms with E-state index in [1.54, 1.807) is 0 Å². The number of para-hydroxylation sites is 1. The molecule has 3 heteroatoms. The van der Waals surface area contributed by atoms with Crippen LogP contribution in [0, 0.1) is 5.41 Å². The number of hydrogen-bond donors (Lipinski definition) is 1. The van der Waals surface area contributed by atoms with Crippen molar-refractivity contribution in [3.8, 4) is 5.69 Å². The van der Waals surface area contributed by atoms with Gasteiger partial charge in [0, 0.05) is 23.8 Å². The van der Waals surface area contributed by atoms with E-state index in [-0.39, 0.29) is 5.41 Å². The minimum Gasteiger partial charge on any atom is -0.369 e. The topological polar surface area (TPSA) is 29.9 Å². The van der Waals surface area contributed by atoms with Crippen LogP contribution in [0.25, 0.3) is 16.7 Å². The minimum atomic E-state index is 0.234. The van der Waals surface area contributed by atoms with Crippen molar-refractivity contribution in [1.29, 1.82) is 0 Å². The van der Waals surface area contributed by atoms with Crippen LogP contribution in [0.5, 0.6) is 0 Å². The first-order chi connectivity index (χ1) is 10.0. The number of nitrogens with one attached hydrogen (secondary N) is 1. The summed E-state index contributed by atoms with van der Waals surface area (Å²) in [5.41, 5.74) is 2.35. The molecule has 1 aromatic carbocycles. The van der Waals surface area contributed by atoms with E-state index in [4.69, 9.17) is 4.98 Å². The Morgan fingerprint density at radius 2 is 1.76 bits per heavy atom. The lowest BCUT2D eigenvalue weighted by atomic mass is 9.97. The monoisotopic (exact) mass is 279 g/mol. The van der Waals surface area contributed by atoms with E-state index in [0.29, 0.717) is 0 Å². The number of hydrogen-bond acceptors (Lipinski definition) is 2.